The molecule has 0 unspecified atom stereocenters. The van der Waals surface area contributed by atoms with E-state index in [0.717, 1.165) is 28.2 Å². The fraction of sp³-hybridized carbons (Fsp3) is 0.259. The van der Waals surface area contributed by atoms with E-state index in [-0.39, 0.29) is 19.6 Å². The number of carbonyl (C=O) groups is 1. The molecule has 0 bridgehead atoms. The van der Waals surface area contributed by atoms with Crippen LogP contribution >= 0.6 is 0 Å². The monoisotopic (exact) mass is 461 g/mol. The van der Waals surface area contributed by atoms with Gasteiger partial charge in [0.15, 0.2) is 6.61 Å². The van der Waals surface area contributed by atoms with Gasteiger partial charge < -0.3 is 24.5 Å². The maximum Gasteiger partial charge on any atom is 0.307 e. The number of hydrogen-bond acceptors (Lipinski definition) is 6. The molecular weight excluding hydrogens is 430 g/mol. The van der Waals surface area contributed by atoms with Gasteiger partial charge in [0.1, 0.15) is 18.1 Å². The van der Waals surface area contributed by atoms with Gasteiger partial charge in [-0.1, -0.05) is 41.6 Å². The largest absolute Gasteiger partial charge is 0.490 e. The lowest BCUT2D eigenvalue weighted by molar-refractivity contribution is -0.136. The number of nitrogens with zero attached hydrogens (tertiary/aromatic N) is 3. The van der Waals surface area contributed by atoms with Gasteiger partial charge in [0.25, 0.3) is 0 Å². The van der Waals surface area contributed by atoms with Crippen LogP contribution in [-0.4, -0.2) is 58.2 Å². The zero-order chi connectivity index (χ0) is 24.5. The Morgan fingerprint density at radius 2 is 1.38 bits per heavy atom. The molecule has 1 N–H and O–H groups in total. The SMILES string of the molecule is CN(C)c1ccc(C(=NOCCOc2cccc(CC(=O)O)c2)c2ccc(N(C)C)cc2)cc1. The minimum absolute atomic E-state index is 0.0411. The van der Waals surface area contributed by atoms with E-state index in [1.54, 1.807) is 24.3 Å². The fourth-order valence-electron chi connectivity index (χ4n) is 3.33. The molecule has 0 spiro atoms. The molecule has 3 aromatic carbocycles. The highest BCUT2D eigenvalue weighted by molar-refractivity contribution is 6.12. The van der Waals surface area contributed by atoms with Crippen LogP contribution in [0.4, 0.5) is 11.4 Å². The van der Waals surface area contributed by atoms with Crippen molar-refractivity contribution in [2.75, 3.05) is 51.2 Å². The Balaban J connectivity index is 1.70. The summed E-state index contributed by atoms with van der Waals surface area (Å²) in [6, 6.07) is 23.4. The standard InChI is InChI=1S/C27H31N3O4/c1-29(2)23-12-8-21(9-13-23)27(22-10-14-24(15-11-22)30(3)4)28-34-17-16-33-25-7-5-6-20(18-25)19-26(31)32/h5-15,18H,16-17,19H2,1-4H3,(H,31,32). The van der Waals surface area contributed by atoms with Gasteiger partial charge in [0, 0.05) is 50.7 Å². The lowest BCUT2D eigenvalue weighted by Gasteiger charge is -2.15. The van der Waals surface area contributed by atoms with Gasteiger partial charge in [0.2, 0.25) is 0 Å². The van der Waals surface area contributed by atoms with Crippen LogP contribution in [-0.2, 0) is 16.1 Å². The topological polar surface area (TPSA) is 74.6 Å². The van der Waals surface area contributed by atoms with Gasteiger partial charge in [-0.3, -0.25) is 4.79 Å². The highest BCUT2D eigenvalue weighted by Gasteiger charge is 2.10. The Morgan fingerprint density at radius 1 is 0.824 bits per heavy atom. The summed E-state index contributed by atoms with van der Waals surface area (Å²) < 4.78 is 5.71. The van der Waals surface area contributed by atoms with E-state index in [1.165, 1.54) is 0 Å². The summed E-state index contributed by atoms with van der Waals surface area (Å²) >= 11 is 0. The highest BCUT2D eigenvalue weighted by Crippen LogP contribution is 2.19. The van der Waals surface area contributed by atoms with E-state index in [2.05, 4.69) is 5.16 Å². The maximum atomic E-state index is 10.9. The molecule has 0 radical (unpaired) electrons. The average molecular weight is 462 g/mol. The first-order valence-corrected chi connectivity index (χ1v) is 11.0. The number of carboxylic acid groups (broad SMARTS) is 1. The van der Waals surface area contributed by atoms with E-state index >= 15 is 0 Å². The number of rotatable bonds is 11. The minimum atomic E-state index is -0.875. The van der Waals surface area contributed by atoms with Gasteiger partial charge in [-0.25, -0.2) is 0 Å². The van der Waals surface area contributed by atoms with Crippen LogP contribution in [0.15, 0.2) is 78.0 Å². The first-order valence-electron chi connectivity index (χ1n) is 11.0. The van der Waals surface area contributed by atoms with Crippen LogP contribution in [0, 0.1) is 0 Å². The Labute approximate surface area is 200 Å². The van der Waals surface area contributed by atoms with Crippen molar-refractivity contribution in [1.29, 1.82) is 0 Å². The Kier molecular flexibility index (Phi) is 8.51. The first kappa shape index (κ1) is 24.6. The molecule has 3 rings (SSSR count). The third-order valence-corrected chi connectivity index (χ3v) is 5.17. The lowest BCUT2D eigenvalue weighted by atomic mass is 10.0. The Hall–Kier alpha value is -4.00. The molecule has 3 aromatic rings. The van der Waals surface area contributed by atoms with Crippen LogP contribution in [0.5, 0.6) is 5.75 Å². The minimum Gasteiger partial charge on any atom is -0.490 e. The predicted molar refractivity (Wildman–Crippen MR) is 136 cm³/mol. The number of anilines is 2. The molecule has 0 amide bonds. The molecule has 0 aliphatic carbocycles. The van der Waals surface area contributed by atoms with E-state index in [1.807, 2.05) is 86.5 Å². The molecule has 0 saturated carbocycles. The van der Waals surface area contributed by atoms with Gasteiger partial charge in [0.05, 0.1) is 6.42 Å². The van der Waals surface area contributed by atoms with Crippen molar-refractivity contribution in [3.63, 3.8) is 0 Å². The number of ether oxygens (including phenoxy) is 1. The average Bonchev–Trinajstić information content (AvgIpc) is 2.81. The zero-order valence-electron chi connectivity index (χ0n) is 20.1. The molecule has 7 nitrogen and oxygen atoms in total. The van der Waals surface area contributed by atoms with Gasteiger partial charge >= 0.3 is 5.97 Å². The van der Waals surface area contributed by atoms with Crippen molar-refractivity contribution in [3.8, 4) is 5.75 Å². The van der Waals surface area contributed by atoms with E-state index in [4.69, 9.17) is 14.7 Å². The van der Waals surface area contributed by atoms with Crippen LogP contribution in [0.25, 0.3) is 0 Å². The number of oxime groups is 1. The van der Waals surface area contributed by atoms with Crippen molar-refractivity contribution >= 4 is 23.1 Å². The molecule has 0 fully saturated rings. The zero-order valence-corrected chi connectivity index (χ0v) is 20.1. The smallest absolute Gasteiger partial charge is 0.307 e. The number of aliphatic carboxylic acids is 1. The molecule has 0 aliphatic heterocycles. The summed E-state index contributed by atoms with van der Waals surface area (Å²) in [5, 5.41) is 13.4. The second-order valence-corrected chi connectivity index (χ2v) is 8.22. The van der Waals surface area contributed by atoms with Crippen LogP contribution in [0.2, 0.25) is 0 Å². The summed E-state index contributed by atoms with van der Waals surface area (Å²) in [4.78, 5) is 20.6. The molecule has 0 heterocycles. The quantitative estimate of drug-likeness (QED) is 0.261. The molecule has 0 atom stereocenters. The fourth-order valence-corrected chi connectivity index (χ4v) is 3.33. The molecule has 0 aliphatic rings. The second kappa shape index (κ2) is 11.7. The molecule has 34 heavy (non-hydrogen) atoms. The van der Waals surface area contributed by atoms with E-state index in [9.17, 15) is 4.79 Å². The predicted octanol–water partition coefficient (Wildman–Crippen LogP) is 4.29. The van der Waals surface area contributed by atoms with Crippen molar-refractivity contribution in [2.45, 2.75) is 6.42 Å². The van der Waals surface area contributed by atoms with Crippen LogP contribution in [0.3, 0.4) is 0 Å². The van der Waals surface area contributed by atoms with Crippen molar-refractivity contribution in [1.82, 2.24) is 0 Å². The summed E-state index contributed by atoms with van der Waals surface area (Å²) in [6.45, 7) is 0.532. The van der Waals surface area contributed by atoms with Gasteiger partial charge in [-0.2, -0.15) is 0 Å². The number of hydrogen-bond donors (Lipinski definition) is 1. The summed E-state index contributed by atoms with van der Waals surface area (Å²) in [5.41, 5.74) is 5.53. The van der Waals surface area contributed by atoms with Crippen molar-refractivity contribution in [2.24, 2.45) is 5.16 Å². The number of carboxylic acids is 1. The van der Waals surface area contributed by atoms with Gasteiger partial charge in [-0.05, 0) is 42.0 Å². The van der Waals surface area contributed by atoms with E-state index in [0.29, 0.717) is 11.3 Å². The van der Waals surface area contributed by atoms with Crippen molar-refractivity contribution in [3.05, 3.63) is 89.5 Å². The summed E-state index contributed by atoms with van der Waals surface area (Å²) in [6.07, 6.45) is -0.0411. The van der Waals surface area contributed by atoms with Crippen molar-refractivity contribution < 1.29 is 19.5 Å². The number of benzene rings is 3. The second-order valence-electron chi connectivity index (χ2n) is 8.22. The Morgan fingerprint density at radius 3 is 1.88 bits per heavy atom. The summed E-state index contributed by atoms with van der Waals surface area (Å²) in [7, 11) is 8.02. The summed E-state index contributed by atoms with van der Waals surface area (Å²) in [5.74, 6) is -0.273. The molecule has 0 saturated heterocycles. The molecule has 0 aromatic heterocycles. The van der Waals surface area contributed by atoms with Crippen LogP contribution in [0.1, 0.15) is 16.7 Å². The molecule has 178 valence electrons. The van der Waals surface area contributed by atoms with Gasteiger partial charge in [-0.15, -0.1) is 0 Å². The van der Waals surface area contributed by atoms with Crippen LogP contribution < -0.4 is 14.5 Å². The maximum absolute atomic E-state index is 10.9. The highest BCUT2D eigenvalue weighted by atomic mass is 16.6. The first-order chi connectivity index (χ1) is 16.3. The third kappa shape index (κ3) is 7.00. The molecular formula is C27H31N3O4. The van der Waals surface area contributed by atoms with E-state index < -0.39 is 5.97 Å². The lowest BCUT2D eigenvalue weighted by Crippen LogP contribution is -2.11. The normalized spacial score (nSPS) is 10.4. The Bertz CT molecular complexity index is 1050. The third-order valence-electron chi connectivity index (χ3n) is 5.17. The molecule has 7 heteroatoms.